The molecule has 7 heteroatoms. The van der Waals surface area contributed by atoms with Crippen LogP contribution >= 0.6 is 39.1 Å². The number of carbonyl (C=O) groups excluding carboxylic acids is 1. The van der Waals surface area contributed by atoms with Crippen molar-refractivity contribution in [3.8, 4) is 5.75 Å². The van der Waals surface area contributed by atoms with Crippen LogP contribution < -0.4 is 10.2 Å². The smallest absolute Gasteiger partial charge is 0.277 e. The summed E-state index contributed by atoms with van der Waals surface area (Å²) in [5.41, 5.74) is 3.05. The molecule has 4 nitrogen and oxygen atoms in total. The van der Waals surface area contributed by atoms with E-state index in [1.54, 1.807) is 18.2 Å². The highest BCUT2D eigenvalue weighted by Gasteiger charge is 2.08. The number of hydrogen-bond acceptors (Lipinski definition) is 3. The van der Waals surface area contributed by atoms with E-state index in [1.807, 2.05) is 36.4 Å². The van der Waals surface area contributed by atoms with Gasteiger partial charge in [0.05, 0.1) is 15.7 Å². The van der Waals surface area contributed by atoms with E-state index in [0.717, 1.165) is 15.2 Å². The van der Waals surface area contributed by atoms with Crippen molar-refractivity contribution < 1.29 is 9.53 Å². The Bertz CT molecular complexity index is 992. The van der Waals surface area contributed by atoms with Crippen LogP contribution in [0.3, 0.4) is 0 Å². The molecule has 0 atom stereocenters. The standard InChI is InChI=1S/C19H13BrCl2N2O2/c20-19-15-4-2-1-3-12(15)6-8-17(19)26-11-18(25)24-23-10-13-5-7-14(21)9-16(13)22/h1-10H,11H2,(H,24,25)/b23-10-. The molecule has 0 aliphatic carbocycles. The number of benzene rings is 3. The number of fused-ring (bicyclic) bond motifs is 1. The second kappa shape index (κ2) is 8.54. The minimum absolute atomic E-state index is 0.164. The van der Waals surface area contributed by atoms with Crippen molar-refractivity contribution in [2.75, 3.05) is 6.61 Å². The summed E-state index contributed by atoms with van der Waals surface area (Å²) in [7, 11) is 0. The van der Waals surface area contributed by atoms with Gasteiger partial charge in [0.15, 0.2) is 6.61 Å². The Balaban J connectivity index is 1.59. The topological polar surface area (TPSA) is 50.7 Å². The van der Waals surface area contributed by atoms with E-state index in [0.29, 0.717) is 21.4 Å². The summed E-state index contributed by atoms with van der Waals surface area (Å²) in [5.74, 6) is 0.204. The number of ether oxygens (including phenoxy) is 1. The van der Waals surface area contributed by atoms with Crippen LogP contribution in [0.5, 0.6) is 5.75 Å². The Kier molecular flexibility index (Phi) is 6.14. The molecule has 1 amide bonds. The number of carbonyl (C=O) groups is 1. The zero-order valence-electron chi connectivity index (χ0n) is 13.4. The highest BCUT2D eigenvalue weighted by molar-refractivity contribution is 9.10. The Morgan fingerprint density at radius 2 is 1.96 bits per heavy atom. The first kappa shape index (κ1) is 18.7. The molecule has 0 saturated carbocycles. The third kappa shape index (κ3) is 4.55. The SMILES string of the molecule is O=C(COc1ccc2ccccc2c1Br)N/N=C\c1ccc(Cl)cc1Cl. The molecule has 0 unspecified atom stereocenters. The highest BCUT2D eigenvalue weighted by atomic mass is 79.9. The zero-order valence-corrected chi connectivity index (χ0v) is 16.5. The normalized spacial score (nSPS) is 11.0. The van der Waals surface area contributed by atoms with Crippen molar-refractivity contribution in [2.24, 2.45) is 5.10 Å². The molecule has 0 radical (unpaired) electrons. The van der Waals surface area contributed by atoms with Gasteiger partial charge in [-0.05, 0) is 44.9 Å². The van der Waals surface area contributed by atoms with E-state index in [1.165, 1.54) is 6.21 Å². The highest BCUT2D eigenvalue weighted by Crippen LogP contribution is 2.32. The number of amides is 1. The van der Waals surface area contributed by atoms with E-state index >= 15 is 0 Å². The van der Waals surface area contributed by atoms with Gasteiger partial charge in [-0.25, -0.2) is 5.43 Å². The van der Waals surface area contributed by atoms with Crippen LogP contribution in [0.1, 0.15) is 5.56 Å². The van der Waals surface area contributed by atoms with Gasteiger partial charge in [-0.1, -0.05) is 59.6 Å². The number of hydrogen-bond donors (Lipinski definition) is 1. The Morgan fingerprint density at radius 1 is 1.15 bits per heavy atom. The first-order valence-electron chi connectivity index (χ1n) is 7.61. The molecule has 0 aliphatic heterocycles. The van der Waals surface area contributed by atoms with Crippen molar-refractivity contribution in [3.05, 3.63) is 74.7 Å². The summed E-state index contributed by atoms with van der Waals surface area (Å²) in [6.45, 7) is -0.164. The molecule has 0 aromatic heterocycles. The second-order valence-electron chi connectivity index (χ2n) is 5.35. The van der Waals surface area contributed by atoms with E-state index in [-0.39, 0.29) is 12.5 Å². The largest absolute Gasteiger partial charge is 0.483 e. The first-order valence-corrected chi connectivity index (χ1v) is 9.16. The first-order chi connectivity index (χ1) is 12.5. The van der Waals surface area contributed by atoms with Gasteiger partial charge < -0.3 is 4.74 Å². The number of nitrogens with zero attached hydrogens (tertiary/aromatic N) is 1. The van der Waals surface area contributed by atoms with E-state index in [4.69, 9.17) is 27.9 Å². The molecule has 0 heterocycles. The monoisotopic (exact) mass is 450 g/mol. The van der Waals surface area contributed by atoms with Crippen LogP contribution in [0.15, 0.2) is 64.2 Å². The maximum atomic E-state index is 11.9. The van der Waals surface area contributed by atoms with Gasteiger partial charge in [0.1, 0.15) is 5.75 Å². The Hall–Kier alpha value is -2.08. The van der Waals surface area contributed by atoms with Gasteiger partial charge in [-0.2, -0.15) is 5.10 Å². The molecule has 0 aliphatic rings. The molecule has 0 saturated heterocycles. The summed E-state index contributed by atoms with van der Waals surface area (Å²) < 4.78 is 6.38. The minimum Gasteiger partial charge on any atom is -0.483 e. The van der Waals surface area contributed by atoms with Crippen LogP contribution in [0, 0.1) is 0 Å². The summed E-state index contributed by atoms with van der Waals surface area (Å²) in [6.07, 6.45) is 1.45. The van der Waals surface area contributed by atoms with E-state index in [2.05, 4.69) is 26.5 Å². The van der Waals surface area contributed by atoms with Crippen molar-refractivity contribution in [3.63, 3.8) is 0 Å². The molecule has 1 N–H and O–H groups in total. The van der Waals surface area contributed by atoms with E-state index in [9.17, 15) is 4.79 Å². The summed E-state index contributed by atoms with van der Waals surface area (Å²) in [6, 6.07) is 16.7. The number of nitrogens with one attached hydrogen (secondary N) is 1. The fraction of sp³-hybridized carbons (Fsp3) is 0.0526. The fourth-order valence-electron chi connectivity index (χ4n) is 2.28. The molecule has 3 aromatic carbocycles. The van der Waals surface area contributed by atoms with Crippen LogP contribution in [0.2, 0.25) is 10.0 Å². The van der Waals surface area contributed by atoms with Gasteiger partial charge in [-0.3, -0.25) is 4.79 Å². The summed E-state index contributed by atoms with van der Waals surface area (Å²) in [5, 5.41) is 6.96. The lowest BCUT2D eigenvalue weighted by atomic mass is 10.1. The average molecular weight is 452 g/mol. The molecule has 0 spiro atoms. The van der Waals surface area contributed by atoms with Crippen molar-refractivity contribution in [1.82, 2.24) is 5.43 Å². The van der Waals surface area contributed by atoms with Gasteiger partial charge >= 0.3 is 0 Å². The summed E-state index contributed by atoms with van der Waals surface area (Å²) >= 11 is 15.4. The molecular weight excluding hydrogens is 439 g/mol. The predicted octanol–water partition coefficient (Wildman–Crippen LogP) is 5.44. The lowest BCUT2D eigenvalue weighted by Gasteiger charge is -2.09. The molecule has 132 valence electrons. The minimum atomic E-state index is -0.383. The molecular formula is C19H13BrCl2N2O2. The number of halogens is 3. The van der Waals surface area contributed by atoms with Gasteiger partial charge in [0.25, 0.3) is 5.91 Å². The Morgan fingerprint density at radius 3 is 2.77 bits per heavy atom. The van der Waals surface area contributed by atoms with Crippen LogP contribution in [-0.2, 0) is 4.79 Å². The lowest BCUT2D eigenvalue weighted by molar-refractivity contribution is -0.123. The molecule has 0 bridgehead atoms. The fourth-order valence-corrected chi connectivity index (χ4v) is 3.35. The molecule has 26 heavy (non-hydrogen) atoms. The van der Waals surface area contributed by atoms with Gasteiger partial charge in [0, 0.05) is 10.6 Å². The van der Waals surface area contributed by atoms with Crippen LogP contribution in [0.25, 0.3) is 10.8 Å². The maximum Gasteiger partial charge on any atom is 0.277 e. The van der Waals surface area contributed by atoms with E-state index < -0.39 is 0 Å². The van der Waals surface area contributed by atoms with Crippen LogP contribution in [-0.4, -0.2) is 18.7 Å². The molecule has 3 rings (SSSR count). The van der Waals surface area contributed by atoms with Crippen molar-refractivity contribution in [1.29, 1.82) is 0 Å². The predicted molar refractivity (Wildman–Crippen MR) is 109 cm³/mol. The third-order valence-corrected chi connectivity index (χ3v) is 4.92. The quantitative estimate of drug-likeness (QED) is 0.414. The van der Waals surface area contributed by atoms with Crippen LogP contribution in [0.4, 0.5) is 0 Å². The Labute approximate surface area is 168 Å². The zero-order chi connectivity index (χ0) is 18.5. The van der Waals surface area contributed by atoms with Crippen molar-refractivity contribution >= 4 is 62.0 Å². The molecule has 3 aromatic rings. The van der Waals surface area contributed by atoms with Gasteiger partial charge in [0.2, 0.25) is 0 Å². The lowest BCUT2D eigenvalue weighted by Crippen LogP contribution is -2.24. The number of hydrazone groups is 1. The number of rotatable bonds is 5. The second-order valence-corrected chi connectivity index (χ2v) is 6.98. The van der Waals surface area contributed by atoms with Crippen molar-refractivity contribution in [2.45, 2.75) is 0 Å². The average Bonchev–Trinajstić information content (AvgIpc) is 2.63. The maximum absolute atomic E-state index is 11.9. The summed E-state index contributed by atoms with van der Waals surface area (Å²) in [4.78, 5) is 11.9. The third-order valence-electron chi connectivity index (χ3n) is 3.54. The van der Waals surface area contributed by atoms with Gasteiger partial charge in [-0.15, -0.1) is 0 Å². The molecule has 0 fully saturated rings.